The van der Waals surface area contributed by atoms with E-state index in [1.165, 1.54) is 0 Å². The van der Waals surface area contributed by atoms with E-state index in [-0.39, 0.29) is 12.1 Å². The van der Waals surface area contributed by atoms with E-state index in [0.29, 0.717) is 25.3 Å². The predicted octanol–water partition coefficient (Wildman–Crippen LogP) is 1.88. The van der Waals surface area contributed by atoms with Crippen LogP contribution < -0.4 is 10.6 Å². The molecule has 0 aromatic rings. The van der Waals surface area contributed by atoms with E-state index in [0.717, 1.165) is 0 Å². The summed E-state index contributed by atoms with van der Waals surface area (Å²) < 4.78 is 0. The van der Waals surface area contributed by atoms with Crippen LogP contribution in [-0.2, 0) is 0 Å². The molecule has 2 amide bonds. The Bertz CT molecular complexity index is 213. The van der Waals surface area contributed by atoms with E-state index in [4.69, 9.17) is 0 Å². The summed E-state index contributed by atoms with van der Waals surface area (Å²) in [5.41, 5.74) is -0.779. The second-order valence-electron chi connectivity index (χ2n) is 4.79. The van der Waals surface area contributed by atoms with Crippen LogP contribution in [0.15, 0.2) is 0 Å². The maximum atomic E-state index is 11.5. The average Bonchev–Trinajstić information content (AvgIpc) is 2.25. The minimum atomic E-state index is -0.779. The second kappa shape index (κ2) is 6.74. The topological polar surface area (TPSA) is 61.4 Å². The molecule has 1 unspecified atom stereocenters. The third-order valence-electron chi connectivity index (χ3n) is 3.25. The molecule has 1 atom stereocenters. The summed E-state index contributed by atoms with van der Waals surface area (Å²) in [5, 5.41) is 15.5. The summed E-state index contributed by atoms with van der Waals surface area (Å²) in [6.45, 7) is 10.2. The molecule has 4 heteroatoms. The van der Waals surface area contributed by atoms with Gasteiger partial charge in [-0.25, -0.2) is 4.79 Å². The highest BCUT2D eigenvalue weighted by Gasteiger charge is 2.23. The Morgan fingerprint density at radius 3 is 2.12 bits per heavy atom. The Hall–Kier alpha value is -0.770. The molecule has 96 valence electrons. The van der Waals surface area contributed by atoms with Crippen molar-refractivity contribution in [1.82, 2.24) is 10.6 Å². The number of urea groups is 1. The normalized spacial score (nSPS) is 13.7. The van der Waals surface area contributed by atoms with Gasteiger partial charge < -0.3 is 15.7 Å². The van der Waals surface area contributed by atoms with Crippen molar-refractivity contribution in [1.29, 1.82) is 0 Å². The van der Waals surface area contributed by atoms with Gasteiger partial charge in [-0.2, -0.15) is 0 Å². The van der Waals surface area contributed by atoms with Gasteiger partial charge in [0.05, 0.1) is 5.60 Å². The number of rotatable bonds is 6. The lowest BCUT2D eigenvalue weighted by atomic mass is 9.98. The summed E-state index contributed by atoms with van der Waals surface area (Å²) in [7, 11) is 0. The van der Waals surface area contributed by atoms with Crippen LogP contribution in [0.25, 0.3) is 0 Å². The largest absolute Gasteiger partial charge is 0.388 e. The first-order valence-corrected chi connectivity index (χ1v) is 6.11. The minimum Gasteiger partial charge on any atom is -0.388 e. The average molecular weight is 230 g/mol. The molecule has 0 aliphatic carbocycles. The molecule has 3 N–H and O–H groups in total. The van der Waals surface area contributed by atoms with Gasteiger partial charge in [-0.1, -0.05) is 27.7 Å². The van der Waals surface area contributed by atoms with Gasteiger partial charge in [0.1, 0.15) is 0 Å². The Morgan fingerprint density at radius 1 is 1.25 bits per heavy atom. The summed E-state index contributed by atoms with van der Waals surface area (Å²) >= 11 is 0. The van der Waals surface area contributed by atoms with E-state index in [1.807, 2.05) is 20.8 Å². The first kappa shape index (κ1) is 15.2. The predicted molar refractivity (Wildman–Crippen MR) is 66.4 cm³/mol. The molecule has 0 aliphatic heterocycles. The van der Waals surface area contributed by atoms with Gasteiger partial charge in [-0.15, -0.1) is 0 Å². The quantitative estimate of drug-likeness (QED) is 0.652. The van der Waals surface area contributed by atoms with E-state index in [1.54, 1.807) is 0 Å². The molecule has 0 fully saturated rings. The zero-order valence-corrected chi connectivity index (χ0v) is 11.1. The fourth-order valence-corrected chi connectivity index (χ4v) is 1.17. The van der Waals surface area contributed by atoms with Crippen LogP contribution in [0.2, 0.25) is 0 Å². The maximum absolute atomic E-state index is 11.5. The van der Waals surface area contributed by atoms with Crippen molar-refractivity contribution in [2.45, 2.75) is 59.1 Å². The van der Waals surface area contributed by atoms with Crippen LogP contribution in [-0.4, -0.2) is 29.3 Å². The lowest BCUT2D eigenvalue weighted by Crippen LogP contribution is -2.48. The summed E-state index contributed by atoms with van der Waals surface area (Å²) in [5.74, 6) is 0.405. The highest BCUT2D eigenvalue weighted by atomic mass is 16.3. The van der Waals surface area contributed by atoms with Gasteiger partial charge in [0.15, 0.2) is 0 Å². The fourth-order valence-electron chi connectivity index (χ4n) is 1.17. The van der Waals surface area contributed by atoms with Crippen LogP contribution >= 0.6 is 0 Å². The van der Waals surface area contributed by atoms with E-state index in [9.17, 15) is 9.90 Å². The molecule has 0 spiro atoms. The number of carbonyl (C=O) groups excluding carboxylic acids is 1. The van der Waals surface area contributed by atoms with E-state index < -0.39 is 5.60 Å². The molecular weight excluding hydrogens is 204 g/mol. The molecule has 0 aromatic carbocycles. The number of hydrogen-bond acceptors (Lipinski definition) is 2. The van der Waals surface area contributed by atoms with E-state index >= 15 is 0 Å². The SMILES string of the molecule is CCC(O)(CC)CNC(=O)NC(C)C(C)C. The Morgan fingerprint density at radius 2 is 1.75 bits per heavy atom. The minimum absolute atomic E-state index is 0.136. The molecule has 0 rings (SSSR count). The van der Waals surface area contributed by atoms with Crippen LogP contribution in [0, 0.1) is 5.92 Å². The Balaban J connectivity index is 3.98. The van der Waals surface area contributed by atoms with Gasteiger partial charge in [-0.3, -0.25) is 0 Å². The second-order valence-corrected chi connectivity index (χ2v) is 4.79. The molecule has 0 heterocycles. The van der Waals surface area contributed by atoms with Gasteiger partial charge in [0.25, 0.3) is 0 Å². The molecule has 4 nitrogen and oxygen atoms in total. The fraction of sp³-hybridized carbons (Fsp3) is 0.917. The van der Waals surface area contributed by atoms with E-state index in [2.05, 4.69) is 24.5 Å². The third kappa shape index (κ3) is 5.35. The zero-order valence-electron chi connectivity index (χ0n) is 11.1. The van der Waals surface area contributed by atoms with Crippen LogP contribution in [0.3, 0.4) is 0 Å². The summed E-state index contributed by atoms with van der Waals surface area (Å²) in [6, 6.07) is -0.0714. The van der Waals surface area contributed by atoms with Crippen molar-refractivity contribution in [3.63, 3.8) is 0 Å². The maximum Gasteiger partial charge on any atom is 0.315 e. The van der Waals surface area contributed by atoms with Gasteiger partial charge in [0, 0.05) is 12.6 Å². The van der Waals surface area contributed by atoms with Crippen LogP contribution in [0.5, 0.6) is 0 Å². The number of carbonyl (C=O) groups is 1. The van der Waals surface area contributed by atoms with Crippen molar-refractivity contribution < 1.29 is 9.90 Å². The first-order chi connectivity index (χ1) is 7.34. The molecule has 0 aromatic heterocycles. The van der Waals surface area contributed by atoms with Crippen molar-refractivity contribution in [2.75, 3.05) is 6.54 Å². The number of amides is 2. The highest BCUT2D eigenvalue weighted by Crippen LogP contribution is 2.12. The molecule has 0 bridgehead atoms. The third-order valence-corrected chi connectivity index (χ3v) is 3.25. The Kier molecular flexibility index (Phi) is 6.41. The van der Waals surface area contributed by atoms with Crippen molar-refractivity contribution in [3.05, 3.63) is 0 Å². The first-order valence-electron chi connectivity index (χ1n) is 6.11. The molecule has 0 radical (unpaired) electrons. The highest BCUT2D eigenvalue weighted by molar-refractivity contribution is 5.74. The van der Waals surface area contributed by atoms with Gasteiger partial charge in [-0.05, 0) is 25.7 Å². The lowest BCUT2D eigenvalue weighted by molar-refractivity contribution is 0.0348. The molecular formula is C12H26N2O2. The lowest BCUT2D eigenvalue weighted by Gasteiger charge is -2.26. The zero-order chi connectivity index (χ0) is 12.8. The molecule has 0 saturated heterocycles. The summed E-state index contributed by atoms with van der Waals surface area (Å²) in [6.07, 6.45) is 1.28. The van der Waals surface area contributed by atoms with Crippen molar-refractivity contribution >= 4 is 6.03 Å². The number of nitrogens with one attached hydrogen (secondary N) is 2. The summed E-state index contributed by atoms with van der Waals surface area (Å²) in [4.78, 5) is 11.5. The van der Waals surface area contributed by atoms with Crippen molar-refractivity contribution in [3.8, 4) is 0 Å². The Labute approximate surface area is 98.8 Å². The number of hydrogen-bond donors (Lipinski definition) is 3. The molecule has 0 aliphatic rings. The van der Waals surface area contributed by atoms with Crippen molar-refractivity contribution in [2.24, 2.45) is 5.92 Å². The smallest absolute Gasteiger partial charge is 0.315 e. The molecule has 0 saturated carbocycles. The monoisotopic (exact) mass is 230 g/mol. The molecule has 16 heavy (non-hydrogen) atoms. The standard InChI is InChI=1S/C12H26N2O2/c1-6-12(16,7-2)8-13-11(15)14-10(5)9(3)4/h9-10,16H,6-8H2,1-5H3,(H2,13,14,15). The van der Waals surface area contributed by atoms with Gasteiger partial charge >= 0.3 is 6.03 Å². The van der Waals surface area contributed by atoms with Crippen LogP contribution in [0.1, 0.15) is 47.5 Å². The van der Waals surface area contributed by atoms with Crippen LogP contribution in [0.4, 0.5) is 4.79 Å². The number of aliphatic hydroxyl groups is 1. The van der Waals surface area contributed by atoms with Gasteiger partial charge in [0.2, 0.25) is 0 Å².